The molecule has 2 heterocycles. The molecule has 0 aromatic carbocycles. The summed E-state index contributed by atoms with van der Waals surface area (Å²) in [7, 11) is 0. The molecule has 2 rings (SSSR count). The summed E-state index contributed by atoms with van der Waals surface area (Å²) >= 11 is 5.01. The Balaban J connectivity index is 2.17. The molecular weight excluding hydrogens is 278 g/mol. The summed E-state index contributed by atoms with van der Waals surface area (Å²) in [5, 5.41) is 9.01. The number of halogens is 1. The topological polar surface area (TPSA) is 51.0 Å². The largest absolute Gasteiger partial charge is 0.333 e. The van der Waals surface area contributed by atoms with Crippen molar-refractivity contribution >= 4 is 27.3 Å². The van der Waals surface area contributed by atoms with Gasteiger partial charge in [0.15, 0.2) is 5.82 Å². The van der Waals surface area contributed by atoms with Crippen molar-refractivity contribution in [1.29, 1.82) is 0 Å². The zero-order chi connectivity index (χ0) is 10.7. The number of nitrogens with one attached hydrogen (secondary N) is 1. The van der Waals surface area contributed by atoms with Crippen LogP contribution in [0.2, 0.25) is 0 Å². The van der Waals surface area contributed by atoms with Gasteiger partial charge >= 0.3 is 0 Å². The van der Waals surface area contributed by atoms with Crippen molar-refractivity contribution < 1.29 is 4.52 Å². The van der Waals surface area contributed by atoms with Crippen LogP contribution in [-0.2, 0) is 6.54 Å². The van der Waals surface area contributed by atoms with Crippen LogP contribution in [0, 0.1) is 0 Å². The van der Waals surface area contributed by atoms with Gasteiger partial charge in [-0.3, -0.25) is 0 Å². The fraction of sp³-hybridized carbons (Fsp3) is 0.333. The first-order valence-electron chi connectivity index (χ1n) is 4.58. The van der Waals surface area contributed by atoms with Crippen LogP contribution in [0.3, 0.4) is 0 Å². The molecule has 2 aromatic heterocycles. The number of hydrogen-bond donors (Lipinski definition) is 1. The summed E-state index contributed by atoms with van der Waals surface area (Å²) < 4.78 is 6.16. The fourth-order valence-electron chi connectivity index (χ4n) is 1.10. The smallest absolute Gasteiger partial charge is 0.269 e. The predicted octanol–water partition coefficient (Wildman–Crippen LogP) is 2.67. The van der Waals surface area contributed by atoms with Gasteiger partial charge in [0.25, 0.3) is 5.89 Å². The molecule has 80 valence electrons. The summed E-state index contributed by atoms with van der Waals surface area (Å²) in [6.07, 6.45) is 0. The molecule has 0 aliphatic rings. The van der Waals surface area contributed by atoms with Crippen LogP contribution >= 0.6 is 27.3 Å². The Hall–Kier alpha value is -0.720. The molecule has 0 saturated carbocycles. The fourth-order valence-corrected chi connectivity index (χ4v) is 2.56. The highest BCUT2D eigenvalue weighted by molar-refractivity contribution is 9.10. The molecule has 0 aliphatic heterocycles. The van der Waals surface area contributed by atoms with Gasteiger partial charge in [-0.15, -0.1) is 11.3 Å². The molecule has 0 fully saturated rings. The molecule has 0 unspecified atom stereocenters. The maximum absolute atomic E-state index is 5.17. The second-order valence-corrected chi connectivity index (χ2v) is 4.66. The highest BCUT2D eigenvalue weighted by Gasteiger charge is 2.12. The van der Waals surface area contributed by atoms with E-state index in [9.17, 15) is 0 Å². The lowest BCUT2D eigenvalue weighted by Gasteiger charge is -1.92. The third-order valence-electron chi connectivity index (χ3n) is 1.81. The first kappa shape index (κ1) is 10.8. The minimum Gasteiger partial charge on any atom is -0.333 e. The molecule has 15 heavy (non-hydrogen) atoms. The van der Waals surface area contributed by atoms with Gasteiger partial charge in [0.2, 0.25) is 0 Å². The van der Waals surface area contributed by atoms with E-state index in [-0.39, 0.29) is 0 Å². The van der Waals surface area contributed by atoms with E-state index in [1.165, 1.54) is 0 Å². The Bertz CT molecular complexity index is 440. The van der Waals surface area contributed by atoms with Gasteiger partial charge < -0.3 is 9.84 Å². The van der Waals surface area contributed by atoms with E-state index in [0.29, 0.717) is 18.3 Å². The number of nitrogens with zero attached hydrogens (tertiary/aromatic N) is 2. The van der Waals surface area contributed by atoms with Crippen molar-refractivity contribution in [3.63, 3.8) is 0 Å². The van der Waals surface area contributed by atoms with Gasteiger partial charge in [-0.2, -0.15) is 4.98 Å². The average Bonchev–Trinajstić information content (AvgIpc) is 2.83. The van der Waals surface area contributed by atoms with Gasteiger partial charge in [0, 0.05) is 4.47 Å². The van der Waals surface area contributed by atoms with E-state index >= 15 is 0 Å². The van der Waals surface area contributed by atoms with Gasteiger partial charge in [0.1, 0.15) is 4.88 Å². The summed E-state index contributed by atoms with van der Waals surface area (Å²) in [5.74, 6) is 1.26. The highest BCUT2D eigenvalue weighted by Crippen LogP contribution is 2.31. The van der Waals surface area contributed by atoms with Gasteiger partial charge in [-0.1, -0.05) is 12.1 Å². The molecule has 0 atom stereocenters. The van der Waals surface area contributed by atoms with E-state index in [0.717, 1.165) is 15.9 Å². The molecule has 0 radical (unpaired) electrons. The van der Waals surface area contributed by atoms with Crippen molar-refractivity contribution in [2.75, 3.05) is 6.54 Å². The molecule has 0 saturated heterocycles. The molecule has 0 spiro atoms. The lowest BCUT2D eigenvalue weighted by molar-refractivity contribution is 0.420. The minimum atomic E-state index is 0.574. The normalized spacial score (nSPS) is 10.8. The molecule has 0 amide bonds. The second-order valence-electron chi connectivity index (χ2n) is 2.89. The first-order valence-corrected chi connectivity index (χ1v) is 6.25. The predicted molar refractivity (Wildman–Crippen MR) is 62.7 cm³/mol. The van der Waals surface area contributed by atoms with Crippen molar-refractivity contribution in [3.05, 3.63) is 21.7 Å². The number of aromatic nitrogens is 2. The number of hydrogen-bond acceptors (Lipinski definition) is 5. The van der Waals surface area contributed by atoms with Gasteiger partial charge in [-0.25, -0.2) is 0 Å². The molecule has 4 nitrogen and oxygen atoms in total. The van der Waals surface area contributed by atoms with E-state index in [1.807, 2.05) is 18.4 Å². The molecule has 6 heteroatoms. The Labute approximate surface area is 99.8 Å². The minimum absolute atomic E-state index is 0.574. The molecule has 0 bridgehead atoms. The van der Waals surface area contributed by atoms with Crippen molar-refractivity contribution in [1.82, 2.24) is 15.5 Å². The zero-order valence-electron chi connectivity index (χ0n) is 8.16. The quantitative estimate of drug-likeness (QED) is 0.939. The maximum Gasteiger partial charge on any atom is 0.269 e. The summed E-state index contributed by atoms with van der Waals surface area (Å²) in [6, 6.07) is 1.97. The van der Waals surface area contributed by atoms with Crippen molar-refractivity contribution in [3.8, 4) is 10.8 Å². The average molecular weight is 288 g/mol. The summed E-state index contributed by atoms with van der Waals surface area (Å²) in [4.78, 5) is 5.27. The Kier molecular flexibility index (Phi) is 3.50. The highest BCUT2D eigenvalue weighted by atomic mass is 79.9. The van der Waals surface area contributed by atoms with Crippen molar-refractivity contribution in [2.24, 2.45) is 0 Å². The lowest BCUT2D eigenvalue weighted by atomic mass is 10.4. The van der Waals surface area contributed by atoms with Gasteiger partial charge in [-0.05, 0) is 33.9 Å². The van der Waals surface area contributed by atoms with E-state index in [4.69, 9.17) is 4.52 Å². The Morgan fingerprint density at radius 1 is 1.60 bits per heavy atom. The van der Waals surface area contributed by atoms with Gasteiger partial charge in [0.05, 0.1) is 6.54 Å². The molecule has 0 aliphatic carbocycles. The van der Waals surface area contributed by atoms with E-state index < -0.39 is 0 Å². The van der Waals surface area contributed by atoms with Crippen LogP contribution in [0.1, 0.15) is 12.7 Å². The third-order valence-corrected chi connectivity index (χ3v) is 3.64. The first-order chi connectivity index (χ1) is 7.31. The number of rotatable bonds is 4. The number of thiophene rings is 1. The van der Waals surface area contributed by atoms with Crippen LogP contribution in [0.25, 0.3) is 10.8 Å². The van der Waals surface area contributed by atoms with Crippen molar-refractivity contribution in [2.45, 2.75) is 13.5 Å². The maximum atomic E-state index is 5.17. The van der Waals surface area contributed by atoms with Crippen LogP contribution < -0.4 is 5.32 Å². The second kappa shape index (κ2) is 4.87. The zero-order valence-corrected chi connectivity index (χ0v) is 10.6. The molecular formula is C9H10BrN3OS. The summed E-state index contributed by atoms with van der Waals surface area (Å²) in [5.41, 5.74) is 0. The Morgan fingerprint density at radius 3 is 3.13 bits per heavy atom. The van der Waals surface area contributed by atoms with Crippen LogP contribution in [0.4, 0.5) is 0 Å². The van der Waals surface area contributed by atoms with Crippen LogP contribution in [-0.4, -0.2) is 16.7 Å². The Morgan fingerprint density at radius 2 is 2.47 bits per heavy atom. The van der Waals surface area contributed by atoms with E-state index in [1.54, 1.807) is 11.3 Å². The monoisotopic (exact) mass is 287 g/mol. The SMILES string of the molecule is CCNCc1noc(-c2sccc2Br)n1. The van der Waals surface area contributed by atoms with E-state index in [2.05, 4.69) is 31.4 Å². The summed E-state index contributed by atoms with van der Waals surface area (Å²) in [6.45, 7) is 3.58. The molecule has 1 N–H and O–H groups in total. The third kappa shape index (κ3) is 2.45. The standard InChI is InChI=1S/C9H10BrN3OS/c1-2-11-5-7-12-9(14-13-7)8-6(10)3-4-15-8/h3-4,11H,2,5H2,1H3. The molecule has 2 aromatic rings. The lowest BCUT2D eigenvalue weighted by Crippen LogP contribution is -2.12. The van der Waals surface area contributed by atoms with Crippen LogP contribution in [0.5, 0.6) is 0 Å². The van der Waals surface area contributed by atoms with Crippen LogP contribution in [0.15, 0.2) is 20.4 Å².